The van der Waals surface area contributed by atoms with E-state index in [1.807, 2.05) is 36.4 Å². The van der Waals surface area contributed by atoms with Gasteiger partial charge in [-0.15, -0.1) is 0 Å². The van der Waals surface area contributed by atoms with E-state index in [0.717, 1.165) is 5.56 Å². The van der Waals surface area contributed by atoms with Crippen molar-refractivity contribution in [2.45, 2.75) is 55.3 Å². The molecule has 1 aromatic rings. The summed E-state index contributed by atoms with van der Waals surface area (Å²) in [5, 5.41) is 59.1. The van der Waals surface area contributed by atoms with Gasteiger partial charge in [-0.3, -0.25) is 0 Å². The number of rotatable bonds is 8. The topological polar surface area (TPSA) is 158 Å². The van der Waals surface area contributed by atoms with E-state index in [1.165, 1.54) is 0 Å². The normalized spacial score (nSPS) is 39.6. The maximum atomic E-state index is 10.2. The molecule has 6 N–H and O–H groups in total. The van der Waals surface area contributed by atoms with Crippen molar-refractivity contribution in [1.82, 2.24) is 0 Å². The van der Waals surface area contributed by atoms with Crippen LogP contribution in [0.2, 0.25) is 0 Å². The highest BCUT2D eigenvalue weighted by Crippen LogP contribution is 2.26. The molecule has 0 aliphatic carbocycles. The number of ether oxygens (including phenoxy) is 4. The summed E-state index contributed by atoms with van der Waals surface area (Å²) in [5.41, 5.74) is 0.964. The third-order valence-corrected chi connectivity index (χ3v) is 5.06. The summed E-state index contributed by atoms with van der Waals surface area (Å²) in [6, 6.07) is 9.50. The fourth-order valence-corrected chi connectivity index (χ4v) is 3.28. The van der Waals surface area contributed by atoms with Crippen molar-refractivity contribution in [3.05, 3.63) is 42.0 Å². The molecule has 0 spiro atoms. The van der Waals surface area contributed by atoms with Crippen LogP contribution in [-0.2, 0) is 18.9 Å². The second-order valence-corrected chi connectivity index (χ2v) is 7.20. The SMILES string of the molecule is OCC1OC(OCC2OC(OCC=Cc3ccccc3)C(O)C(O)C2O)C(O)C1O. The molecule has 168 valence electrons. The number of aliphatic hydroxyl groups excluding tert-OH is 6. The lowest BCUT2D eigenvalue weighted by Crippen LogP contribution is -2.59. The van der Waals surface area contributed by atoms with Crippen LogP contribution in [0.3, 0.4) is 0 Å². The average molecular weight is 428 g/mol. The molecule has 10 heteroatoms. The zero-order valence-corrected chi connectivity index (χ0v) is 16.2. The zero-order valence-electron chi connectivity index (χ0n) is 16.2. The minimum atomic E-state index is -1.54. The monoisotopic (exact) mass is 428 g/mol. The molecule has 9 atom stereocenters. The van der Waals surface area contributed by atoms with E-state index >= 15 is 0 Å². The molecule has 1 aromatic carbocycles. The average Bonchev–Trinajstić information content (AvgIpc) is 3.04. The summed E-state index contributed by atoms with van der Waals surface area (Å²) in [4.78, 5) is 0. The number of benzene rings is 1. The van der Waals surface area contributed by atoms with Crippen LogP contribution >= 0.6 is 0 Å². The first kappa shape index (κ1) is 23.2. The van der Waals surface area contributed by atoms with Crippen molar-refractivity contribution >= 4 is 6.08 Å². The quantitative estimate of drug-likeness (QED) is 0.273. The lowest BCUT2D eigenvalue weighted by atomic mass is 9.99. The highest BCUT2D eigenvalue weighted by molar-refractivity contribution is 5.48. The van der Waals surface area contributed by atoms with Crippen LogP contribution in [0.5, 0.6) is 0 Å². The molecule has 10 nitrogen and oxygen atoms in total. The number of hydrogen-bond donors (Lipinski definition) is 6. The van der Waals surface area contributed by atoms with Gasteiger partial charge >= 0.3 is 0 Å². The van der Waals surface area contributed by atoms with Crippen LogP contribution in [0.15, 0.2) is 36.4 Å². The molecule has 0 aromatic heterocycles. The van der Waals surface area contributed by atoms with Crippen molar-refractivity contribution < 1.29 is 49.6 Å². The van der Waals surface area contributed by atoms with Crippen molar-refractivity contribution in [2.24, 2.45) is 0 Å². The Morgan fingerprint density at radius 3 is 2.03 bits per heavy atom. The molecular weight excluding hydrogens is 400 g/mol. The van der Waals surface area contributed by atoms with Gasteiger partial charge < -0.3 is 49.6 Å². The molecule has 2 aliphatic heterocycles. The third kappa shape index (κ3) is 5.42. The summed E-state index contributed by atoms with van der Waals surface area (Å²) >= 11 is 0. The Morgan fingerprint density at radius 1 is 0.767 bits per heavy atom. The van der Waals surface area contributed by atoms with Gasteiger partial charge in [0.15, 0.2) is 12.6 Å². The Hall–Kier alpha value is -1.44. The summed E-state index contributed by atoms with van der Waals surface area (Å²) in [6.07, 6.45) is -8.23. The lowest BCUT2D eigenvalue weighted by Gasteiger charge is -2.40. The molecule has 2 heterocycles. The van der Waals surface area contributed by atoms with Crippen LogP contribution in [-0.4, -0.2) is 106 Å². The van der Waals surface area contributed by atoms with Gasteiger partial charge in [-0.25, -0.2) is 0 Å². The van der Waals surface area contributed by atoms with Crippen LogP contribution in [0.1, 0.15) is 5.56 Å². The van der Waals surface area contributed by atoms with Crippen molar-refractivity contribution in [1.29, 1.82) is 0 Å². The first-order valence-electron chi connectivity index (χ1n) is 9.69. The van der Waals surface area contributed by atoms with Gasteiger partial charge in [-0.2, -0.15) is 0 Å². The summed E-state index contributed by atoms with van der Waals surface area (Å²) < 4.78 is 21.5. The van der Waals surface area contributed by atoms with E-state index in [4.69, 9.17) is 24.1 Å². The van der Waals surface area contributed by atoms with Gasteiger partial charge in [0, 0.05) is 0 Å². The Labute approximate surface area is 173 Å². The van der Waals surface area contributed by atoms with Crippen molar-refractivity contribution in [3.63, 3.8) is 0 Å². The standard InChI is InChI=1S/C20H28O10/c21-9-12-14(22)17(25)20(29-12)28-10-13-15(23)16(24)18(26)19(30-13)27-8-4-7-11-5-2-1-3-6-11/h1-7,12-26H,8-10H2. The molecule has 0 saturated carbocycles. The maximum Gasteiger partial charge on any atom is 0.187 e. The van der Waals surface area contributed by atoms with E-state index in [0.29, 0.717) is 0 Å². The smallest absolute Gasteiger partial charge is 0.187 e. The third-order valence-electron chi connectivity index (χ3n) is 5.06. The van der Waals surface area contributed by atoms with Gasteiger partial charge in [-0.05, 0) is 5.56 Å². The van der Waals surface area contributed by atoms with E-state index in [-0.39, 0.29) is 13.2 Å². The van der Waals surface area contributed by atoms with Crippen LogP contribution in [0.4, 0.5) is 0 Å². The Morgan fingerprint density at radius 2 is 1.37 bits per heavy atom. The molecule has 0 radical (unpaired) electrons. The second-order valence-electron chi connectivity index (χ2n) is 7.20. The first-order valence-corrected chi connectivity index (χ1v) is 9.69. The fraction of sp³-hybridized carbons (Fsp3) is 0.600. The molecule has 0 bridgehead atoms. The zero-order chi connectivity index (χ0) is 21.7. The molecule has 2 fully saturated rings. The predicted molar refractivity (Wildman–Crippen MR) is 102 cm³/mol. The molecular formula is C20H28O10. The summed E-state index contributed by atoms with van der Waals surface area (Å²) in [7, 11) is 0. The van der Waals surface area contributed by atoms with E-state index in [1.54, 1.807) is 6.08 Å². The van der Waals surface area contributed by atoms with Gasteiger partial charge in [-0.1, -0.05) is 42.5 Å². The van der Waals surface area contributed by atoms with E-state index < -0.39 is 61.9 Å². The maximum absolute atomic E-state index is 10.2. The van der Waals surface area contributed by atoms with E-state index in [9.17, 15) is 25.5 Å². The van der Waals surface area contributed by atoms with Crippen molar-refractivity contribution in [3.8, 4) is 0 Å². The predicted octanol–water partition coefficient (Wildman–Crippen LogP) is -2.02. The van der Waals surface area contributed by atoms with Crippen LogP contribution < -0.4 is 0 Å². The number of hydrogen-bond acceptors (Lipinski definition) is 10. The van der Waals surface area contributed by atoms with Crippen LogP contribution in [0, 0.1) is 0 Å². The van der Waals surface area contributed by atoms with Crippen LogP contribution in [0.25, 0.3) is 6.08 Å². The van der Waals surface area contributed by atoms with Gasteiger partial charge in [0.25, 0.3) is 0 Å². The highest BCUT2D eigenvalue weighted by Gasteiger charge is 2.47. The molecule has 2 saturated heterocycles. The molecule has 9 unspecified atom stereocenters. The summed E-state index contributed by atoms with van der Waals surface area (Å²) in [5.74, 6) is 0. The molecule has 2 aliphatic rings. The molecule has 30 heavy (non-hydrogen) atoms. The molecule has 3 rings (SSSR count). The van der Waals surface area contributed by atoms with Gasteiger partial charge in [0.05, 0.1) is 19.8 Å². The van der Waals surface area contributed by atoms with Crippen molar-refractivity contribution in [2.75, 3.05) is 19.8 Å². The Kier molecular flexibility index (Phi) is 8.31. The fourth-order valence-electron chi connectivity index (χ4n) is 3.28. The number of aliphatic hydroxyl groups is 6. The lowest BCUT2D eigenvalue weighted by molar-refractivity contribution is -0.307. The van der Waals surface area contributed by atoms with Gasteiger partial charge in [0.2, 0.25) is 0 Å². The minimum Gasteiger partial charge on any atom is -0.394 e. The Balaban J connectivity index is 1.52. The highest BCUT2D eigenvalue weighted by atomic mass is 16.7. The Bertz CT molecular complexity index is 671. The van der Waals surface area contributed by atoms with E-state index in [2.05, 4.69) is 0 Å². The summed E-state index contributed by atoms with van der Waals surface area (Å²) in [6.45, 7) is -0.739. The minimum absolute atomic E-state index is 0.0852. The largest absolute Gasteiger partial charge is 0.394 e. The second kappa shape index (κ2) is 10.7. The first-order chi connectivity index (χ1) is 14.4. The van der Waals surface area contributed by atoms with Gasteiger partial charge in [0.1, 0.15) is 42.7 Å². The molecule has 0 amide bonds.